The number of carbonyl (C=O) groups excluding carboxylic acids is 3. The van der Waals surface area contributed by atoms with Crippen LogP contribution >= 0.6 is 11.6 Å². The van der Waals surface area contributed by atoms with E-state index in [0.717, 1.165) is 11.1 Å². The van der Waals surface area contributed by atoms with Crippen LogP contribution in [-0.4, -0.2) is 30.9 Å². The second-order valence-electron chi connectivity index (χ2n) is 6.86. The summed E-state index contributed by atoms with van der Waals surface area (Å²) in [6.45, 7) is 3.60. The van der Waals surface area contributed by atoms with Crippen molar-refractivity contribution in [1.29, 1.82) is 0 Å². The van der Waals surface area contributed by atoms with Crippen molar-refractivity contribution in [2.75, 3.05) is 23.4 Å². The van der Waals surface area contributed by atoms with Gasteiger partial charge in [-0.3, -0.25) is 14.4 Å². The quantitative estimate of drug-likeness (QED) is 0.779. The summed E-state index contributed by atoms with van der Waals surface area (Å²) in [5, 5.41) is 3.23. The Hall–Kier alpha value is -2.86. The number of esters is 1. The van der Waals surface area contributed by atoms with E-state index in [1.165, 1.54) is 4.90 Å². The van der Waals surface area contributed by atoms with E-state index < -0.39 is 24.4 Å². The van der Waals surface area contributed by atoms with Crippen LogP contribution in [0.15, 0.2) is 42.5 Å². The maximum atomic E-state index is 12.3. The summed E-state index contributed by atoms with van der Waals surface area (Å²) in [6, 6.07) is 12.6. The fraction of sp³-hybridized carbons (Fsp3) is 0.286. The first-order chi connectivity index (χ1) is 13.3. The third-order valence-corrected chi connectivity index (χ3v) is 4.98. The standard InChI is InChI=1S/C21H21ClN2O4/c1-13-4-3-5-16(8-13)23-19(25)12-28-21(27)15-9-20(26)24(11-15)17-7-6-14(2)18(22)10-17/h3-8,10,15H,9,11-12H2,1-2H3,(H,23,25)/t15-/m0/s1. The highest BCUT2D eigenvalue weighted by atomic mass is 35.5. The van der Waals surface area contributed by atoms with Gasteiger partial charge in [0.05, 0.1) is 5.92 Å². The van der Waals surface area contributed by atoms with Crippen molar-refractivity contribution in [3.05, 3.63) is 58.6 Å². The van der Waals surface area contributed by atoms with Crippen LogP contribution in [0.25, 0.3) is 0 Å². The van der Waals surface area contributed by atoms with E-state index in [0.29, 0.717) is 16.4 Å². The smallest absolute Gasteiger partial charge is 0.311 e. The van der Waals surface area contributed by atoms with E-state index in [9.17, 15) is 14.4 Å². The summed E-state index contributed by atoms with van der Waals surface area (Å²) in [5.41, 5.74) is 3.20. The number of rotatable bonds is 5. The largest absolute Gasteiger partial charge is 0.455 e. The van der Waals surface area contributed by atoms with Gasteiger partial charge in [-0.25, -0.2) is 0 Å². The maximum Gasteiger partial charge on any atom is 0.311 e. The Bertz CT molecular complexity index is 928. The van der Waals surface area contributed by atoms with Gasteiger partial charge in [-0.15, -0.1) is 0 Å². The van der Waals surface area contributed by atoms with E-state index >= 15 is 0 Å². The van der Waals surface area contributed by atoms with Crippen molar-refractivity contribution in [1.82, 2.24) is 0 Å². The molecule has 1 fully saturated rings. The lowest BCUT2D eigenvalue weighted by molar-refractivity contribution is -0.151. The molecule has 7 heteroatoms. The van der Waals surface area contributed by atoms with Crippen molar-refractivity contribution < 1.29 is 19.1 Å². The monoisotopic (exact) mass is 400 g/mol. The Morgan fingerprint density at radius 1 is 1.21 bits per heavy atom. The number of halogens is 1. The fourth-order valence-electron chi connectivity index (χ4n) is 3.04. The molecule has 1 saturated heterocycles. The number of anilines is 2. The zero-order valence-corrected chi connectivity index (χ0v) is 16.5. The van der Waals surface area contributed by atoms with Crippen LogP contribution in [0, 0.1) is 19.8 Å². The number of nitrogens with zero attached hydrogens (tertiary/aromatic N) is 1. The Morgan fingerprint density at radius 2 is 2.00 bits per heavy atom. The van der Waals surface area contributed by atoms with Gasteiger partial charge < -0.3 is 15.0 Å². The number of benzene rings is 2. The van der Waals surface area contributed by atoms with Crippen molar-refractivity contribution in [3.8, 4) is 0 Å². The van der Waals surface area contributed by atoms with E-state index in [1.54, 1.807) is 18.2 Å². The van der Waals surface area contributed by atoms with Crippen LogP contribution in [0.5, 0.6) is 0 Å². The molecule has 6 nitrogen and oxygen atoms in total. The van der Waals surface area contributed by atoms with Gasteiger partial charge >= 0.3 is 5.97 Å². The second kappa shape index (κ2) is 8.44. The number of nitrogens with one attached hydrogen (secondary N) is 1. The molecule has 1 atom stereocenters. The van der Waals surface area contributed by atoms with Gasteiger partial charge in [-0.1, -0.05) is 29.8 Å². The lowest BCUT2D eigenvalue weighted by atomic mass is 10.1. The number of hydrogen-bond donors (Lipinski definition) is 1. The number of hydrogen-bond acceptors (Lipinski definition) is 4. The molecule has 0 unspecified atom stereocenters. The van der Waals surface area contributed by atoms with Gasteiger partial charge in [0.1, 0.15) is 0 Å². The average Bonchev–Trinajstić information content (AvgIpc) is 3.04. The van der Waals surface area contributed by atoms with Crippen LogP contribution in [0.4, 0.5) is 11.4 Å². The lowest BCUT2D eigenvalue weighted by Gasteiger charge is -2.17. The summed E-state index contributed by atoms with van der Waals surface area (Å²) in [6.07, 6.45) is 0.0455. The average molecular weight is 401 g/mol. The van der Waals surface area contributed by atoms with E-state index in [1.807, 2.05) is 38.1 Å². The van der Waals surface area contributed by atoms with E-state index in [2.05, 4.69) is 5.32 Å². The summed E-state index contributed by atoms with van der Waals surface area (Å²) in [4.78, 5) is 38.1. The molecule has 146 valence electrons. The molecule has 0 spiro atoms. The van der Waals surface area contributed by atoms with Gasteiger partial charge in [-0.2, -0.15) is 0 Å². The normalized spacial score (nSPS) is 16.2. The number of amides is 2. The molecule has 3 rings (SSSR count). The molecule has 0 bridgehead atoms. The molecule has 1 heterocycles. The molecule has 0 radical (unpaired) electrons. The van der Waals surface area contributed by atoms with Crippen LogP contribution in [-0.2, 0) is 19.1 Å². The molecule has 1 aliphatic rings. The lowest BCUT2D eigenvalue weighted by Crippen LogP contribution is -2.28. The second-order valence-corrected chi connectivity index (χ2v) is 7.27. The van der Waals surface area contributed by atoms with Crippen molar-refractivity contribution in [2.45, 2.75) is 20.3 Å². The van der Waals surface area contributed by atoms with Gasteiger partial charge in [0, 0.05) is 29.4 Å². The third-order valence-electron chi connectivity index (χ3n) is 4.57. The van der Waals surface area contributed by atoms with Crippen molar-refractivity contribution in [2.24, 2.45) is 5.92 Å². The Balaban J connectivity index is 1.54. The first kappa shape index (κ1) is 19.9. The van der Waals surface area contributed by atoms with Crippen LogP contribution < -0.4 is 10.2 Å². The first-order valence-electron chi connectivity index (χ1n) is 8.93. The van der Waals surface area contributed by atoms with Crippen LogP contribution in [0.3, 0.4) is 0 Å². The minimum absolute atomic E-state index is 0.0455. The molecule has 2 amide bonds. The third kappa shape index (κ3) is 4.70. The SMILES string of the molecule is Cc1cccc(NC(=O)COC(=O)[C@H]2CC(=O)N(c3ccc(C)c(Cl)c3)C2)c1. The zero-order valence-electron chi connectivity index (χ0n) is 15.7. The molecule has 0 saturated carbocycles. The highest BCUT2D eigenvalue weighted by Gasteiger charge is 2.36. The number of carbonyl (C=O) groups is 3. The fourth-order valence-corrected chi connectivity index (χ4v) is 3.21. The minimum Gasteiger partial charge on any atom is -0.455 e. The Morgan fingerprint density at radius 3 is 2.71 bits per heavy atom. The molecule has 0 aromatic heterocycles. The first-order valence-corrected chi connectivity index (χ1v) is 9.31. The van der Waals surface area contributed by atoms with Crippen molar-refractivity contribution in [3.63, 3.8) is 0 Å². The summed E-state index contributed by atoms with van der Waals surface area (Å²) < 4.78 is 5.11. The molecule has 1 N–H and O–H groups in total. The highest BCUT2D eigenvalue weighted by molar-refractivity contribution is 6.31. The zero-order chi connectivity index (χ0) is 20.3. The Labute approximate surface area is 168 Å². The van der Waals surface area contributed by atoms with Gasteiger partial charge in [0.2, 0.25) is 5.91 Å². The topological polar surface area (TPSA) is 75.7 Å². The summed E-state index contributed by atoms with van der Waals surface area (Å²) in [7, 11) is 0. The highest BCUT2D eigenvalue weighted by Crippen LogP contribution is 2.29. The van der Waals surface area contributed by atoms with Crippen LogP contribution in [0.1, 0.15) is 17.5 Å². The molecule has 1 aliphatic heterocycles. The minimum atomic E-state index is -0.612. The molecule has 2 aromatic rings. The van der Waals surface area contributed by atoms with E-state index in [-0.39, 0.29) is 18.9 Å². The predicted octanol–water partition coefficient (Wildman–Crippen LogP) is 3.49. The summed E-state index contributed by atoms with van der Waals surface area (Å²) >= 11 is 6.13. The molecule has 28 heavy (non-hydrogen) atoms. The predicted molar refractivity (Wildman–Crippen MR) is 107 cm³/mol. The number of ether oxygens (including phenoxy) is 1. The van der Waals surface area contributed by atoms with Crippen molar-refractivity contribution >= 4 is 40.8 Å². The molecular weight excluding hydrogens is 380 g/mol. The molecular formula is C21H21ClN2O4. The van der Waals surface area contributed by atoms with Gasteiger partial charge in [0.25, 0.3) is 5.91 Å². The van der Waals surface area contributed by atoms with Gasteiger partial charge in [-0.05, 0) is 49.2 Å². The summed E-state index contributed by atoms with van der Waals surface area (Å²) in [5.74, 6) is -1.77. The number of aryl methyl sites for hydroxylation is 2. The molecule has 0 aliphatic carbocycles. The van der Waals surface area contributed by atoms with Gasteiger partial charge in [0.15, 0.2) is 6.61 Å². The Kier molecular flexibility index (Phi) is 5.99. The van der Waals surface area contributed by atoms with E-state index in [4.69, 9.17) is 16.3 Å². The maximum absolute atomic E-state index is 12.3. The molecule has 2 aromatic carbocycles. The van der Waals surface area contributed by atoms with Crippen LogP contribution in [0.2, 0.25) is 5.02 Å².